The summed E-state index contributed by atoms with van der Waals surface area (Å²) in [6, 6.07) is 1.65. The molecule has 0 saturated carbocycles. The Morgan fingerprint density at radius 3 is 2.44 bits per heavy atom. The predicted molar refractivity (Wildman–Crippen MR) is 55.5 cm³/mol. The molecule has 2 atom stereocenters. The summed E-state index contributed by atoms with van der Waals surface area (Å²) < 4.78 is 39.3. The first-order valence-electron chi connectivity index (χ1n) is 5.48. The van der Waals surface area contributed by atoms with Gasteiger partial charge < -0.3 is 5.32 Å². The van der Waals surface area contributed by atoms with Crippen LogP contribution in [0.4, 0.5) is 13.2 Å². The second-order valence-corrected chi connectivity index (χ2v) is 4.34. The predicted octanol–water partition coefficient (Wildman–Crippen LogP) is 3.31. The highest BCUT2D eigenvalue weighted by atomic mass is 19.2. The Hall–Kier alpha value is -1.03. The Morgan fingerprint density at radius 2 is 1.75 bits per heavy atom. The summed E-state index contributed by atoms with van der Waals surface area (Å²) in [6.45, 7) is 2.00. The molecule has 0 amide bonds. The lowest BCUT2D eigenvalue weighted by atomic mass is 9.93. The molecular formula is C12H14F3N. The fraction of sp³-hybridized carbons (Fsp3) is 0.500. The van der Waals surface area contributed by atoms with Crippen molar-refractivity contribution >= 4 is 0 Å². The summed E-state index contributed by atoms with van der Waals surface area (Å²) in [6.07, 6.45) is 2.76. The van der Waals surface area contributed by atoms with Crippen molar-refractivity contribution in [2.45, 2.75) is 38.3 Å². The van der Waals surface area contributed by atoms with E-state index in [1.54, 1.807) is 0 Å². The largest absolute Gasteiger partial charge is 0.307 e. The zero-order valence-electron chi connectivity index (χ0n) is 9.06. The van der Waals surface area contributed by atoms with Gasteiger partial charge in [0.15, 0.2) is 11.6 Å². The van der Waals surface area contributed by atoms with E-state index in [-0.39, 0.29) is 17.6 Å². The molecule has 1 N–H and O–H groups in total. The third-order valence-corrected chi connectivity index (χ3v) is 3.03. The van der Waals surface area contributed by atoms with E-state index in [9.17, 15) is 13.2 Å². The lowest BCUT2D eigenvalue weighted by Crippen LogP contribution is -2.35. The molecule has 1 fully saturated rings. The summed E-state index contributed by atoms with van der Waals surface area (Å²) in [5.74, 6) is -2.80. The highest BCUT2D eigenvalue weighted by Crippen LogP contribution is 2.28. The van der Waals surface area contributed by atoms with Crippen molar-refractivity contribution in [2.24, 2.45) is 0 Å². The normalized spacial score (nSPS) is 25.8. The smallest absolute Gasteiger partial charge is 0.161 e. The molecule has 2 rings (SSSR count). The van der Waals surface area contributed by atoms with Crippen molar-refractivity contribution in [3.63, 3.8) is 0 Å². The van der Waals surface area contributed by atoms with Crippen molar-refractivity contribution in [1.82, 2.24) is 5.32 Å². The van der Waals surface area contributed by atoms with Crippen LogP contribution in [0.2, 0.25) is 0 Å². The number of benzene rings is 1. The topological polar surface area (TPSA) is 12.0 Å². The van der Waals surface area contributed by atoms with Crippen LogP contribution in [0, 0.1) is 17.5 Å². The zero-order chi connectivity index (χ0) is 11.7. The van der Waals surface area contributed by atoms with Gasteiger partial charge in [0.2, 0.25) is 0 Å². The highest BCUT2D eigenvalue weighted by Gasteiger charge is 2.23. The molecule has 1 aromatic rings. The zero-order valence-corrected chi connectivity index (χ0v) is 9.06. The van der Waals surface area contributed by atoms with Crippen LogP contribution in [0.3, 0.4) is 0 Å². The molecule has 1 saturated heterocycles. The Balaban J connectivity index is 2.29. The minimum Gasteiger partial charge on any atom is -0.307 e. The van der Waals surface area contributed by atoms with E-state index in [0.717, 1.165) is 25.3 Å². The van der Waals surface area contributed by atoms with Crippen molar-refractivity contribution in [3.05, 3.63) is 35.1 Å². The summed E-state index contributed by atoms with van der Waals surface area (Å²) in [4.78, 5) is 0. The van der Waals surface area contributed by atoms with E-state index < -0.39 is 17.5 Å². The Bertz CT molecular complexity index is 392. The molecule has 4 heteroatoms. The van der Waals surface area contributed by atoms with Crippen molar-refractivity contribution < 1.29 is 13.2 Å². The van der Waals surface area contributed by atoms with E-state index in [2.05, 4.69) is 5.32 Å². The van der Waals surface area contributed by atoms with Gasteiger partial charge in [-0.25, -0.2) is 13.2 Å². The van der Waals surface area contributed by atoms with Crippen LogP contribution in [0.1, 0.15) is 37.8 Å². The van der Waals surface area contributed by atoms with Crippen LogP contribution in [0.25, 0.3) is 0 Å². The number of halogens is 3. The van der Waals surface area contributed by atoms with Gasteiger partial charge in [0.05, 0.1) is 0 Å². The molecule has 0 aromatic heterocycles. The van der Waals surface area contributed by atoms with E-state index in [4.69, 9.17) is 0 Å². The molecule has 0 radical (unpaired) electrons. The quantitative estimate of drug-likeness (QED) is 0.728. The van der Waals surface area contributed by atoms with Gasteiger partial charge in [0.1, 0.15) is 5.82 Å². The number of piperidine rings is 1. The molecule has 1 heterocycles. The van der Waals surface area contributed by atoms with Crippen molar-refractivity contribution in [1.29, 1.82) is 0 Å². The highest BCUT2D eigenvalue weighted by molar-refractivity contribution is 5.24. The second kappa shape index (κ2) is 4.45. The summed E-state index contributed by atoms with van der Waals surface area (Å²) in [5, 5.41) is 3.19. The van der Waals surface area contributed by atoms with Gasteiger partial charge in [-0.2, -0.15) is 0 Å². The van der Waals surface area contributed by atoms with Crippen LogP contribution < -0.4 is 5.32 Å². The third-order valence-electron chi connectivity index (χ3n) is 3.03. The summed E-state index contributed by atoms with van der Waals surface area (Å²) >= 11 is 0. The number of hydrogen-bond donors (Lipinski definition) is 1. The molecule has 0 bridgehead atoms. The van der Waals surface area contributed by atoms with Crippen LogP contribution in [-0.2, 0) is 0 Å². The number of nitrogens with one attached hydrogen (secondary N) is 1. The van der Waals surface area contributed by atoms with Gasteiger partial charge in [-0.1, -0.05) is 6.42 Å². The van der Waals surface area contributed by atoms with Crippen molar-refractivity contribution in [2.75, 3.05) is 0 Å². The van der Waals surface area contributed by atoms with E-state index in [0.29, 0.717) is 6.07 Å². The Morgan fingerprint density at radius 1 is 1.06 bits per heavy atom. The van der Waals surface area contributed by atoms with Crippen molar-refractivity contribution in [3.8, 4) is 0 Å². The first kappa shape index (κ1) is 11.5. The number of rotatable bonds is 1. The molecule has 0 aliphatic carbocycles. The molecule has 1 aliphatic rings. The molecule has 1 nitrogen and oxygen atoms in total. The maximum absolute atomic E-state index is 13.5. The fourth-order valence-electron chi connectivity index (χ4n) is 2.19. The maximum atomic E-state index is 13.5. The van der Waals surface area contributed by atoms with Crippen LogP contribution in [0.5, 0.6) is 0 Å². The SMILES string of the molecule is CC1CCCC(c2cc(F)c(F)cc2F)N1. The average molecular weight is 229 g/mol. The Labute approximate surface area is 92.7 Å². The second-order valence-electron chi connectivity index (χ2n) is 4.34. The van der Waals surface area contributed by atoms with E-state index >= 15 is 0 Å². The standard InChI is InChI=1S/C12H14F3N/c1-7-3-2-4-12(16-7)8-5-10(14)11(15)6-9(8)13/h5-7,12,16H,2-4H2,1H3. The maximum Gasteiger partial charge on any atom is 0.161 e. The monoisotopic (exact) mass is 229 g/mol. The lowest BCUT2D eigenvalue weighted by molar-refractivity contribution is 0.332. The molecule has 0 spiro atoms. The molecule has 1 aromatic carbocycles. The summed E-state index contributed by atoms with van der Waals surface area (Å²) in [5.41, 5.74) is 0.227. The molecule has 1 aliphatic heterocycles. The lowest BCUT2D eigenvalue weighted by Gasteiger charge is -2.29. The number of hydrogen-bond acceptors (Lipinski definition) is 1. The first-order chi connectivity index (χ1) is 7.58. The third kappa shape index (κ3) is 2.21. The van der Waals surface area contributed by atoms with Gasteiger partial charge in [-0.05, 0) is 25.8 Å². The van der Waals surface area contributed by atoms with Gasteiger partial charge in [-0.15, -0.1) is 0 Å². The Kier molecular flexibility index (Phi) is 3.19. The summed E-state index contributed by atoms with van der Waals surface area (Å²) in [7, 11) is 0. The first-order valence-corrected chi connectivity index (χ1v) is 5.48. The molecule has 2 unspecified atom stereocenters. The van der Waals surface area contributed by atoms with Crippen LogP contribution >= 0.6 is 0 Å². The van der Waals surface area contributed by atoms with Gasteiger partial charge in [-0.3, -0.25) is 0 Å². The minimum atomic E-state index is -1.13. The fourth-order valence-corrected chi connectivity index (χ4v) is 2.19. The van der Waals surface area contributed by atoms with E-state index in [1.807, 2.05) is 6.92 Å². The molecule has 16 heavy (non-hydrogen) atoms. The van der Waals surface area contributed by atoms with Gasteiger partial charge in [0.25, 0.3) is 0 Å². The van der Waals surface area contributed by atoms with Gasteiger partial charge in [0, 0.05) is 23.7 Å². The van der Waals surface area contributed by atoms with Crippen LogP contribution in [0.15, 0.2) is 12.1 Å². The minimum absolute atomic E-state index is 0.209. The van der Waals surface area contributed by atoms with Crippen LogP contribution in [-0.4, -0.2) is 6.04 Å². The molecule has 88 valence electrons. The molecular weight excluding hydrogens is 215 g/mol. The van der Waals surface area contributed by atoms with Gasteiger partial charge >= 0.3 is 0 Å². The van der Waals surface area contributed by atoms with E-state index in [1.165, 1.54) is 0 Å². The average Bonchev–Trinajstić information content (AvgIpc) is 2.23.